The van der Waals surface area contributed by atoms with Crippen LogP contribution in [0.5, 0.6) is 0 Å². The Balaban J connectivity index is 2.64. The molecule has 0 fully saturated rings. The van der Waals surface area contributed by atoms with Gasteiger partial charge in [0.2, 0.25) is 0 Å². The Morgan fingerprint density at radius 2 is 1.71 bits per heavy atom. The van der Waals surface area contributed by atoms with Gasteiger partial charge in [-0.1, -0.05) is 17.7 Å². The van der Waals surface area contributed by atoms with E-state index in [1.54, 1.807) is 0 Å². The van der Waals surface area contributed by atoms with Crippen molar-refractivity contribution < 1.29 is 14.7 Å². The lowest BCUT2D eigenvalue weighted by atomic mass is 9.97. The van der Waals surface area contributed by atoms with Crippen LogP contribution in [0, 0.1) is 20.8 Å². The van der Waals surface area contributed by atoms with Gasteiger partial charge in [-0.25, -0.2) is 4.79 Å². The Labute approximate surface area is 101 Å². The highest BCUT2D eigenvalue weighted by molar-refractivity contribution is 6.31. The lowest BCUT2D eigenvalue weighted by molar-refractivity contribution is -0.150. The molecule has 4 heteroatoms. The Morgan fingerprint density at radius 3 is 2.18 bits per heavy atom. The Kier molecular flexibility index (Phi) is 4.26. The lowest BCUT2D eigenvalue weighted by Crippen LogP contribution is -2.32. The van der Waals surface area contributed by atoms with Crippen LogP contribution in [0.15, 0.2) is 12.1 Å². The van der Waals surface area contributed by atoms with E-state index in [0.29, 0.717) is 13.0 Å². The number of rotatable bonds is 3. The first-order valence-corrected chi connectivity index (χ1v) is 5.49. The fraction of sp³-hybridized carbons (Fsp3) is 0.385. The summed E-state index contributed by atoms with van der Waals surface area (Å²) in [6.07, 6.45) is 0.650. The summed E-state index contributed by atoms with van der Waals surface area (Å²) < 4.78 is 0. The molecule has 0 aromatic heterocycles. The van der Waals surface area contributed by atoms with Crippen LogP contribution in [-0.4, -0.2) is 23.5 Å². The number of carboxylic acids is 1. The van der Waals surface area contributed by atoms with Crippen molar-refractivity contribution in [3.63, 3.8) is 0 Å². The Bertz CT molecular complexity index is 429. The monoisotopic (exact) mass is 235 g/mol. The summed E-state index contributed by atoms with van der Waals surface area (Å²) in [6, 6.07) is 4.17. The Hall–Kier alpha value is -1.84. The van der Waals surface area contributed by atoms with E-state index in [-0.39, 0.29) is 0 Å². The first-order valence-electron chi connectivity index (χ1n) is 5.49. The van der Waals surface area contributed by atoms with E-state index >= 15 is 0 Å². The van der Waals surface area contributed by atoms with Crippen LogP contribution in [0.1, 0.15) is 22.3 Å². The average molecular weight is 235 g/mol. The number of benzene rings is 1. The van der Waals surface area contributed by atoms with Crippen LogP contribution < -0.4 is 5.32 Å². The van der Waals surface area contributed by atoms with Crippen LogP contribution >= 0.6 is 0 Å². The number of carbonyl (C=O) groups is 2. The second kappa shape index (κ2) is 5.48. The minimum atomic E-state index is -1.44. The third-order valence-electron chi connectivity index (χ3n) is 2.70. The van der Waals surface area contributed by atoms with Crippen LogP contribution in [0.25, 0.3) is 0 Å². The molecule has 0 aliphatic carbocycles. The molecule has 0 radical (unpaired) electrons. The zero-order valence-corrected chi connectivity index (χ0v) is 10.3. The number of nitrogens with one attached hydrogen (secondary N) is 1. The van der Waals surface area contributed by atoms with E-state index in [9.17, 15) is 9.59 Å². The summed E-state index contributed by atoms with van der Waals surface area (Å²) in [5.41, 5.74) is 4.72. The molecule has 1 aromatic rings. The number of hydrogen-bond acceptors (Lipinski definition) is 2. The van der Waals surface area contributed by atoms with Gasteiger partial charge in [-0.05, 0) is 43.9 Å². The summed E-state index contributed by atoms with van der Waals surface area (Å²) in [5.74, 6) is -2.39. The fourth-order valence-corrected chi connectivity index (χ4v) is 1.98. The molecule has 0 unspecified atom stereocenters. The van der Waals surface area contributed by atoms with Crippen molar-refractivity contribution >= 4 is 11.9 Å². The largest absolute Gasteiger partial charge is 0.474 e. The average Bonchev–Trinajstić information content (AvgIpc) is 2.21. The van der Waals surface area contributed by atoms with Gasteiger partial charge in [0.15, 0.2) is 0 Å². The van der Waals surface area contributed by atoms with Crippen molar-refractivity contribution in [1.82, 2.24) is 5.32 Å². The van der Waals surface area contributed by atoms with Crippen LogP contribution in [0.3, 0.4) is 0 Å². The highest BCUT2D eigenvalue weighted by Crippen LogP contribution is 2.16. The highest BCUT2D eigenvalue weighted by Gasteiger charge is 2.10. The van der Waals surface area contributed by atoms with Crippen LogP contribution in [0.4, 0.5) is 0 Å². The molecular formula is C13H17NO3. The standard InChI is InChI=1S/C13H17NO3/c1-8-6-9(2)11(10(3)7-8)4-5-14-12(15)13(16)17/h6-7H,4-5H2,1-3H3,(H,14,15)(H,16,17). The van der Waals surface area contributed by atoms with Crippen molar-refractivity contribution in [1.29, 1.82) is 0 Å². The van der Waals surface area contributed by atoms with E-state index in [4.69, 9.17) is 5.11 Å². The molecule has 1 amide bonds. The van der Waals surface area contributed by atoms with Crippen LogP contribution in [-0.2, 0) is 16.0 Å². The molecule has 1 rings (SSSR count). The normalized spacial score (nSPS) is 10.1. The second-order valence-corrected chi connectivity index (χ2v) is 4.19. The maximum atomic E-state index is 10.8. The van der Waals surface area contributed by atoms with Gasteiger partial charge in [0.05, 0.1) is 0 Å². The molecule has 0 heterocycles. The van der Waals surface area contributed by atoms with Crippen LogP contribution in [0.2, 0.25) is 0 Å². The highest BCUT2D eigenvalue weighted by atomic mass is 16.4. The van der Waals surface area contributed by atoms with Gasteiger partial charge in [0, 0.05) is 6.54 Å². The molecule has 4 nitrogen and oxygen atoms in total. The number of amides is 1. The van der Waals surface area contributed by atoms with Gasteiger partial charge in [-0.2, -0.15) is 0 Å². The molecule has 0 bridgehead atoms. The van der Waals surface area contributed by atoms with Crippen molar-refractivity contribution in [3.05, 3.63) is 34.4 Å². The van der Waals surface area contributed by atoms with Gasteiger partial charge in [-0.15, -0.1) is 0 Å². The number of carbonyl (C=O) groups excluding carboxylic acids is 1. The minimum absolute atomic E-state index is 0.343. The van der Waals surface area contributed by atoms with E-state index in [2.05, 4.69) is 17.4 Å². The first kappa shape index (κ1) is 13.2. The second-order valence-electron chi connectivity index (χ2n) is 4.19. The summed E-state index contributed by atoms with van der Waals surface area (Å²) in [7, 11) is 0. The summed E-state index contributed by atoms with van der Waals surface area (Å²) in [4.78, 5) is 21.2. The van der Waals surface area contributed by atoms with Crippen molar-refractivity contribution in [3.8, 4) is 0 Å². The van der Waals surface area contributed by atoms with Gasteiger partial charge >= 0.3 is 11.9 Å². The molecule has 0 saturated carbocycles. The molecule has 0 aliphatic rings. The minimum Gasteiger partial charge on any atom is -0.474 e. The third-order valence-corrected chi connectivity index (χ3v) is 2.70. The number of carboxylic acid groups (broad SMARTS) is 1. The lowest BCUT2D eigenvalue weighted by Gasteiger charge is -2.11. The third kappa shape index (κ3) is 3.59. The van der Waals surface area contributed by atoms with E-state index in [1.165, 1.54) is 22.3 Å². The van der Waals surface area contributed by atoms with Gasteiger partial charge in [0.25, 0.3) is 0 Å². The molecular weight excluding hydrogens is 218 g/mol. The van der Waals surface area contributed by atoms with E-state index in [0.717, 1.165) is 0 Å². The molecule has 0 saturated heterocycles. The zero-order valence-electron chi connectivity index (χ0n) is 10.3. The molecule has 0 atom stereocenters. The van der Waals surface area contributed by atoms with Crippen molar-refractivity contribution in [2.45, 2.75) is 27.2 Å². The van der Waals surface area contributed by atoms with E-state index < -0.39 is 11.9 Å². The quantitative estimate of drug-likeness (QED) is 0.777. The molecule has 17 heavy (non-hydrogen) atoms. The summed E-state index contributed by atoms with van der Waals surface area (Å²) >= 11 is 0. The maximum Gasteiger partial charge on any atom is 0.394 e. The molecule has 92 valence electrons. The zero-order chi connectivity index (χ0) is 13.0. The predicted molar refractivity (Wildman–Crippen MR) is 65.0 cm³/mol. The first-order chi connectivity index (χ1) is 7.91. The Morgan fingerprint density at radius 1 is 1.18 bits per heavy atom. The number of aryl methyl sites for hydroxylation is 3. The van der Waals surface area contributed by atoms with Crippen molar-refractivity contribution in [2.75, 3.05) is 6.54 Å². The SMILES string of the molecule is Cc1cc(C)c(CCNC(=O)C(=O)O)c(C)c1. The smallest absolute Gasteiger partial charge is 0.394 e. The topological polar surface area (TPSA) is 66.4 Å². The maximum absolute atomic E-state index is 10.8. The molecule has 2 N–H and O–H groups in total. The van der Waals surface area contributed by atoms with E-state index in [1.807, 2.05) is 20.8 Å². The molecule has 0 spiro atoms. The van der Waals surface area contributed by atoms with Gasteiger partial charge in [0.1, 0.15) is 0 Å². The molecule has 0 aliphatic heterocycles. The number of aliphatic carboxylic acids is 1. The summed E-state index contributed by atoms with van der Waals surface area (Å²) in [5, 5.41) is 10.8. The van der Waals surface area contributed by atoms with Crippen molar-refractivity contribution in [2.24, 2.45) is 0 Å². The number of hydrogen-bond donors (Lipinski definition) is 2. The van der Waals surface area contributed by atoms with Gasteiger partial charge < -0.3 is 10.4 Å². The van der Waals surface area contributed by atoms with Gasteiger partial charge in [-0.3, -0.25) is 4.79 Å². The summed E-state index contributed by atoms with van der Waals surface area (Å²) in [6.45, 7) is 6.43. The fourth-order valence-electron chi connectivity index (χ4n) is 1.98. The predicted octanol–water partition coefficient (Wildman–Crippen LogP) is 1.36. The molecule has 1 aromatic carbocycles.